The molecule has 0 saturated carbocycles. The van der Waals surface area contributed by atoms with Crippen molar-refractivity contribution in [3.8, 4) is 0 Å². The fourth-order valence-electron chi connectivity index (χ4n) is 3.49. The van der Waals surface area contributed by atoms with Crippen LogP contribution in [0.2, 0.25) is 0 Å². The van der Waals surface area contributed by atoms with Crippen LogP contribution in [0.3, 0.4) is 0 Å². The number of aliphatic imine (C=N–C) groups is 1. The van der Waals surface area contributed by atoms with Crippen LogP contribution in [0.5, 0.6) is 0 Å². The van der Waals surface area contributed by atoms with Gasteiger partial charge >= 0.3 is 0 Å². The quantitative estimate of drug-likeness (QED) is 0.758. The third-order valence-electron chi connectivity index (χ3n) is 4.85. The number of amidine groups is 1. The largest absolute Gasteiger partial charge is 0.339 e. The highest BCUT2D eigenvalue weighted by molar-refractivity contribution is 7.13. The second-order valence-electron chi connectivity index (χ2n) is 6.54. The van der Waals surface area contributed by atoms with Crippen molar-refractivity contribution >= 4 is 39.0 Å². The molecule has 1 N–H and O–H groups in total. The number of hydrogen-bond acceptors (Lipinski definition) is 6. The highest BCUT2D eigenvalue weighted by Gasteiger charge is 2.24. The average Bonchev–Trinajstić information content (AvgIpc) is 3.41. The zero-order valence-corrected chi connectivity index (χ0v) is 14.9. The van der Waals surface area contributed by atoms with Gasteiger partial charge in [-0.2, -0.15) is 4.37 Å². The highest BCUT2D eigenvalue weighted by Crippen LogP contribution is 2.28. The van der Waals surface area contributed by atoms with Crippen LogP contribution in [-0.2, 0) is 6.54 Å². The predicted molar refractivity (Wildman–Crippen MR) is 103 cm³/mol. The second kappa shape index (κ2) is 6.17. The number of benzene rings is 1. The van der Waals surface area contributed by atoms with E-state index in [9.17, 15) is 4.79 Å². The van der Waals surface area contributed by atoms with E-state index in [2.05, 4.69) is 19.7 Å². The number of amides is 1. The van der Waals surface area contributed by atoms with Gasteiger partial charge in [0.05, 0.1) is 11.2 Å². The number of fused-ring (bicyclic) bond motifs is 2. The minimum Gasteiger partial charge on any atom is -0.339 e. The first-order valence-corrected chi connectivity index (χ1v) is 9.51. The van der Waals surface area contributed by atoms with Gasteiger partial charge in [-0.1, -0.05) is 6.07 Å². The molecule has 130 valence electrons. The van der Waals surface area contributed by atoms with E-state index in [0.29, 0.717) is 12.2 Å². The van der Waals surface area contributed by atoms with Gasteiger partial charge in [0.25, 0.3) is 5.91 Å². The summed E-state index contributed by atoms with van der Waals surface area (Å²) in [5.74, 6) is 0.839. The number of nitrogens with zero attached hydrogens (tertiary/aromatic N) is 4. The van der Waals surface area contributed by atoms with Crippen LogP contribution >= 0.6 is 11.5 Å². The van der Waals surface area contributed by atoms with Crippen molar-refractivity contribution in [1.82, 2.24) is 14.3 Å². The molecule has 1 aromatic carbocycles. The maximum absolute atomic E-state index is 12.7. The van der Waals surface area contributed by atoms with Gasteiger partial charge in [-0.15, -0.1) is 0 Å². The van der Waals surface area contributed by atoms with E-state index in [-0.39, 0.29) is 5.91 Å². The Morgan fingerprint density at radius 1 is 1.19 bits per heavy atom. The summed E-state index contributed by atoms with van der Waals surface area (Å²) in [5.41, 5.74) is 3.54. The standard InChI is InChI=1S/C19H17N5OS/c25-19(24-8-1-2-9-24)17-14-6-5-13(10-15(14)26-23-17)22-18-16-12(11-21-18)4-3-7-20-16/h3-7,10H,1-2,8-9,11H2,(H,21,22). The average molecular weight is 363 g/mol. The molecule has 0 unspecified atom stereocenters. The van der Waals surface area contributed by atoms with Gasteiger partial charge in [0.1, 0.15) is 11.4 Å². The number of carbonyl (C=O) groups is 1. The van der Waals surface area contributed by atoms with Gasteiger partial charge in [0.2, 0.25) is 0 Å². The number of anilines is 1. The first-order chi connectivity index (χ1) is 12.8. The van der Waals surface area contributed by atoms with Gasteiger partial charge < -0.3 is 10.2 Å². The fourth-order valence-corrected chi connectivity index (χ4v) is 4.30. The first kappa shape index (κ1) is 15.5. The summed E-state index contributed by atoms with van der Waals surface area (Å²) in [5, 5.41) is 4.27. The lowest BCUT2D eigenvalue weighted by atomic mass is 10.2. The Morgan fingerprint density at radius 3 is 2.96 bits per heavy atom. The lowest BCUT2D eigenvalue weighted by molar-refractivity contribution is 0.0790. The number of hydrogen-bond donors (Lipinski definition) is 1. The molecule has 7 heteroatoms. The summed E-state index contributed by atoms with van der Waals surface area (Å²) < 4.78 is 5.43. The molecule has 2 aromatic heterocycles. The smallest absolute Gasteiger partial charge is 0.274 e. The number of nitrogens with one attached hydrogen (secondary N) is 1. The van der Waals surface area contributed by atoms with E-state index < -0.39 is 0 Å². The summed E-state index contributed by atoms with van der Waals surface area (Å²) in [6.45, 7) is 2.33. The molecule has 2 aliphatic heterocycles. The predicted octanol–water partition coefficient (Wildman–Crippen LogP) is 3.30. The minimum absolute atomic E-state index is 0.0488. The summed E-state index contributed by atoms with van der Waals surface area (Å²) in [4.78, 5) is 23.5. The zero-order chi connectivity index (χ0) is 17.5. The molecule has 3 aromatic rings. The third kappa shape index (κ3) is 2.55. The van der Waals surface area contributed by atoms with Crippen molar-refractivity contribution in [1.29, 1.82) is 0 Å². The molecule has 0 bridgehead atoms. The number of carbonyl (C=O) groups excluding carboxylic acids is 1. The molecule has 1 fully saturated rings. The number of likely N-dealkylation sites (tertiary alicyclic amines) is 1. The Labute approximate surface area is 154 Å². The van der Waals surface area contributed by atoms with Gasteiger partial charge in [-0.3, -0.25) is 14.8 Å². The summed E-state index contributed by atoms with van der Waals surface area (Å²) in [6, 6.07) is 9.94. The number of rotatable bonds is 2. The van der Waals surface area contributed by atoms with E-state index >= 15 is 0 Å². The first-order valence-electron chi connectivity index (χ1n) is 8.74. The van der Waals surface area contributed by atoms with E-state index in [0.717, 1.165) is 58.8 Å². The van der Waals surface area contributed by atoms with Crippen molar-refractivity contribution in [3.63, 3.8) is 0 Å². The van der Waals surface area contributed by atoms with Gasteiger partial charge in [-0.25, -0.2) is 0 Å². The van der Waals surface area contributed by atoms with Gasteiger partial charge in [-0.05, 0) is 48.6 Å². The molecule has 2 aliphatic rings. The van der Waals surface area contributed by atoms with Gasteiger partial charge in [0, 0.05) is 35.9 Å². The SMILES string of the molecule is O=C(c1nsc2cc(NC3=NCc4cccnc43)ccc12)N1CCCC1. The summed E-state index contributed by atoms with van der Waals surface area (Å²) >= 11 is 1.37. The normalized spacial score (nSPS) is 16.0. The molecule has 0 aliphatic carbocycles. The molecule has 26 heavy (non-hydrogen) atoms. The van der Waals surface area contributed by atoms with E-state index in [1.807, 2.05) is 35.2 Å². The molecular weight excluding hydrogens is 346 g/mol. The topological polar surface area (TPSA) is 70.5 Å². The Hall–Kier alpha value is -2.80. The Balaban J connectivity index is 1.42. The van der Waals surface area contributed by atoms with Crippen LogP contribution in [0.15, 0.2) is 41.5 Å². The van der Waals surface area contributed by atoms with Crippen LogP contribution in [0.25, 0.3) is 10.1 Å². The Morgan fingerprint density at radius 2 is 2.08 bits per heavy atom. The fraction of sp³-hybridized carbons (Fsp3) is 0.263. The lowest BCUT2D eigenvalue weighted by Crippen LogP contribution is -2.27. The molecule has 0 spiro atoms. The van der Waals surface area contributed by atoms with Crippen LogP contribution in [0.1, 0.15) is 34.6 Å². The Kier molecular flexibility index (Phi) is 3.67. The van der Waals surface area contributed by atoms with Crippen LogP contribution in [-0.4, -0.2) is 39.1 Å². The zero-order valence-electron chi connectivity index (χ0n) is 14.1. The molecule has 1 amide bonds. The van der Waals surface area contributed by atoms with Crippen LogP contribution in [0.4, 0.5) is 5.69 Å². The highest BCUT2D eigenvalue weighted by atomic mass is 32.1. The maximum Gasteiger partial charge on any atom is 0.274 e. The van der Waals surface area contributed by atoms with Crippen LogP contribution in [0, 0.1) is 0 Å². The second-order valence-corrected chi connectivity index (χ2v) is 7.35. The Bertz CT molecular complexity index is 1040. The summed E-state index contributed by atoms with van der Waals surface area (Å²) in [7, 11) is 0. The van der Waals surface area contributed by atoms with E-state index in [4.69, 9.17) is 0 Å². The van der Waals surface area contributed by atoms with Gasteiger partial charge in [0.15, 0.2) is 5.84 Å². The molecule has 5 rings (SSSR count). The number of aromatic nitrogens is 2. The van der Waals surface area contributed by atoms with Crippen LogP contribution < -0.4 is 5.32 Å². The lowest BCUT2D eigenvalue weighted by Gasteiger charge is -2.13. The van der Waals surface area contributed by atoms with E-state index in [1.54, 1.807) is 6.20 Å². The molecule has 0 atom stereocenters. The number of pyridine rings is 1. The van der Waals surface area contributed by atoms with Crippen molar-refractivity contribution in [3.05, 3.63) is 53.5 Å². The molecular formula is C19H17N5OS. The van der Waals surface area contributed by atoms with Crippen molar-refractivity contribution in [2.75, 3.05) is 18.4 Å². The van der Waals surface area contributed by atoms with Crippen molar-refractivity contribution in [2.45, 2.75) is 19.4 Å². The molecule has 0 radical (unpaired) electrons. The minimum atomic E-state index is 0.0488. The van der Waals surface area contributed by atoms with E-state index in [1.165, 1.54) is 11.5 Å². The molecule has 6 nitrogen and oxygen atoms in total. The molecule has 1 saturated heterocycles. The maximum atomic E-state index is 12.7. The monoisotopic (exact) mass is 363 g/mol. The van der Waals surface area contributed by atoms with Crippen molar-refractivity contribution in [2.24, 2.45) is 4.99 Å². The summed E-state index contributed by atoms with van der Waals surface area (Å²) in [6.07, 6.45) is 3.95. The van der Waals surface area contributed by atoms with Crippen molar-refractivity contribution < 1.29 is 4.79 Å². The third-order valence-corrected chi connectivity index (χ3v) is 5.66. The molecule has 4 heterocycles.